The zero-order valence-corrected chi connectivity index (χ0v) is 18.6. The number of carbonyl (C=O) groups is 1. The van der Waals surface area contributed by atoms with E-state index < -0.39 is 5.41 Å². The first-order valence-electron chi connectivity index (χ1n) is 11.8. The lowest BCUT2D eigenvalue weighted by Crippen LogP contribution is -2.56. The average Bonchev–Trinajstić information content (AvgIpc) is 3.32. The molecular formula is C25H30N4O3. The van der Waals surface area contributed by atoms with Crippen LogP contribution in [0.4, 0.5) is 11.5 Å². The molecule has 1 aromatic carbocycles. The van der Waals surface area contributed by atoms with E-state index in [-0.39, 0.29) is 24.0 Å². The van der Waals surface area contributed by atoms with E-state index in [0.29, 0.717) is 23.5 Å². The number of hydrogen-bond donors (Lipinski definition) is 1. The Kier molecular flexibility index (Phi) is 4.56. The number of aliphatic hydroxyl groups excluding tert-OH is 1. The predicted octanol–water partition coefficient (Wildman–Crippen LogP) is 2.90. The highest BCUT2D eigenvalue weighted by molar-refractivity contribution is 6.13. The molecule has 3 fully saturated rings. The van der Waals surface area contributed by atoms with E-state index in [4.69, 9.17) is 4.74 Å². The van der Waals surface area contributed by atoms with Gasteiger partial charge in [0.15, 0.2) is 5.82 Å². The van der Waals surface area contributed by atoms with E-state index in [1.165, 1.54) is 0 Å². The summed E-state index contributed by atoms with van der Waals surface area (Å²) in [5.74, 6) is 2.35. The van der Waals surface area contributed by atoms with Crippen molar-refractivity contribution in [1.82, 2.24) is 14.9 Å². The Morgan fingerprint density at radius 1 is 1.22 bits per heavy atom. The molecule has 1 aliphatic carbocycles. The third-order valence-electron chi connectivity index (χ3n) is 8.74. The third kappa shape index (κ3) is 2.64. The number of benzene rings is 1. The Labute approximate surface area is 188 Å². The molecule has 2 saturated heterocycles. The molecule has 6 rings (SSSR count). The van der Waals surface area contributed by atoms with E-state index in [1.54, 1.807) is 24.4 Å². The van der Waals surface area contributed by atoms with Gasteiger partial charge in [0.05, 0.1) is 36.7 Å². The van der Waals surface area contributed by atoms with Crippen LogP contribution in [-0.2, 0) is 10.2 Å². The Balaban J connectivity index is 1.43. The van der Waals surface area contributed by atoms with E-state index >= 15 is 0 Å². The van der Waals surface area contributed by atoms with Crippen LogP contribution in [0, 0.1) is 17.8 Å². The fourth-order valence-corrected chi connectivity index (χ4v) is 7.10. The van der Waals surface area contributed by atoms with Gasteiger partial charge in [-0.15, -0.1) is 0 Å². The highest BCUT2D eigenvalue weighted by atomic mass is 16.5. The van der Waals surface area contributed by atoms with Gasteiger partial charge in [0, 0.05) is 12.6 Å². The van der Waals surface area contributed by atoms with Gasteiger partial charge < -0.3 is 9.84 Å². The molecule has 1 aromatic heterocycles. The summed E-state index contributed by atoms with van der Waals surface area (Å²) in [6.07, 6.45) is 6.73. The van der Waals surface area contributed by atoms with Crippen LogP contribution in [0.3, 0.4) is 0 Å². The van der Waals surface area contributed by atoms with Crippen molar-refractivity contribution in [3.05, 3.63) is 42.2 Å². The van der Waals surface area contributed by atoms with Crippen LogP contribution in [-0.4, -0.2) is 58.2 Å². The number of ether oxygens (including phenoxy) is 1. The molecule has 0 unspecified atom stereocenters. The molecule has 0 bridgehead atoms. The second-order valence-electron chi connectivity index (χ2n) is 9.97. The maximum Gasteiger partial charge on any atom is 0.245 e. The van der Waals surface area contributed by atoms with Gasteiger partial charge in [0.2, 0.25) is 11.8 Å². The number of aliphatic hydroxyl groups is 1. The van der Waals surface area contributed by atoms with Crippen molar-refractivity contribution >= 4 is 17.4 Å². The standard InChI is InChI=1S/C25H30N4O3/c1-15-17-11-21-25(9-10-28(21)14-16(17)7-8-20(15)30)18-5-3-4-6-19(18)29(24(25)31)22-12-26-13-23(27-22)32-2/h3-6,12-13,15-17,20-21,30H,7-11,14H2,1-2H3/t15-,16+,17-,20+,21+,25+/m1/s1. The number of fused-ring (bicyclic) bond motifs is 5. The van der Waals surface area contributed by atoms with Crippen LogP contribution < -0.4 is 9.64 Å². The second-order valence-corrected chi connectivity index (χ2v) is 9.97. The molecule has 0 radical (unpaired) electrons. The average molecular weight is 435 g/mol. The van der Waals surface area contributed by atoms with Crippen molar-refractivity contribution in [3.63, 3.8) is 0 Å². The van der Waals surface area contributed by atoms with Crippen LogP contribution in [0.15, 0.2) is 36.7 Å². The fraction of sp³-hybridized carbons (Fsp3) is 0.560. The number of methoxy groups -OCH3 is 1. The minimum atomic E-state index is -0.575. The monoisotopic (exact) mass is 434 g/mol. The van der Waals surface area contributed by atoms with Gasteiger partial charge in [-0.3, -0.25) is 19.6 Å². The maximum absolute atomic E-state index is 14.3. The Hall–Kier alpha value is -2.51. The number of nitrogens with zero attached hydrogens (tertiary/aromatic N) is 4. The van der Waals surface area contributed by atoms with Gasteiger partial charge in [-0.1, -0.05) is 25.1 Å². The summed E-state index contributed by atoms with van der Waals surface area (Å²) in [7, 11) is 1.56. The summed E-state index contributed by atoms with van der Waals surface area (Å²) in [6.45, 7) is 4.16. The highest BCUT2D eigenvalue weighted by Gasteiger charge is 2.63. The largest absolute Gasteiger partial charge is 0.480 e. The number of anilines is 2. The number of aromatic nitrogens is 2. The van der Waals surface area contributed by atoms with Crippen LogP contribution in [0.5, 0.6) is 5.88 Å². The summed E-state index contributed by atoms with van der Waals surface area (Å²) >= 11 is 0. The first-order valence-corrected chi connectivity index (χ1v) is 11.8. The molecular weight excluding hydrogens is 404 g/mol. The molecule has 4 heterocycles. The van der Waals surface area contributed by atoms with Crippen molar-refractivity contribution in [2.24, 2.45) is 17.8 Å². The number of hydrogen-bond acceptors (Lipinski definition) is 6. The van der Waals surface area contributed by atoms with Crippen LogP contribution in [0.2, 0.25) is 0 Å². The van der Waals surface area contributed by atoms with E-state index in [9.17, 15) is 9.90 Å². The number of carbonyl (C=O) groups excluding carboxylic acids is 1. The van der Waals surface area contributed by atoms with Gasteiger partial charge >= 0.3 is 0 Å². The van der Waals surface area contributed by atoms with Crippen LogP contribution in [0.1, 0.15) is 38.2 Å². The predicted molar refractivity (Wildman–Crippen MR) is 120 cm³/mol. The number of rotatable bonds is 2. The van der Waals surface area contributed by atoms with E-state index in [1.807, 2.05) is 18.2 Å². The van der Waals surface area contributed by atoms with Gasteiger partial charge in [-0.05, 0) is 61.6 Å². The molecule has 6 atom stereocenters. The second kappa shape index (κ2) is 7.25. The Bertz CT molecular complexity index is 1060. The molecule has 2 aromatic rings. The van der Waals surface area contributed by atoms with Crippen molar-refractivity contribution in [2.75, 3.05) is 25.1 Å². The van der Waals surface area contributed by atoms with Crippen LogP contribution >= 0.6 is 0 Å². The molecule has 3 aliphatic heterocycles. The molecule has 1 saturated carbocycles. The number of para-hydroxylation sites is 1. The zero-order chi connectivity index (χ0) is 22.0. The number of piperidine rings is 1. The molecule has 7 nitrogen and oxygen atoms in total. The quantitative estimate of drug-likeness (QED) is 0.783. The SMILES string of the molecule is COc1cncc(N2C(=O)[C@@]3(CCN4C[C@@H]5CC[C@H](O)[C@H](C)[C@H]5C[C@H]43)c3ccccc32)n1. The van der Waals surface area contributed by atoms with Gasteiger partial charge in [-0.25, -0.2) is 0 Å². The van der Waals surface area contributed by atoms with E-state index in [2.05, 4.69) is 27.9 Å². The summed E-state index contributed by atoms with van der Waals surface area (Å²) in [4.78, 5) is 27.4. The fourth-order valence-electron chi connectivity index (χ4n) is 7.10. The van der Waals surface area contributed by atoms with Crippen molar-refractivity contribution < 1.29 is 14.6 Å². The molecule has 1 amide bonds. The first kappa shape index (κ1) is 20.1. The van der Waals surface area contributed by atoms with Crippen molar-refractivity contribution in [1.29, 1.82) is 0 Å². The maximum atomic E-state index is 14.3. The summed E-state index contributed by atoms with van der Waals surface area (Å²) in [6, 6.07) is 8.30. The number of amides is 1. The normalized spacial score (nSPS) is 36.2. The van der Waals surface area contributed by atoms with Crippen molar-refractivity contribution in [2.45, 2.75) is 50.2 Å². The molecule has 32 heavy (non-hydrogen) atoms. The Morgan fingerprint density at radius 3 is 2.91 bits per heavy atom. The molecule has 1 N–H and O–H groups in total. The minimum Gasteiger partial charge on any atom is -0.480 e. The lowest BCUT2D eigenvalue weighted by atomic mass is 9.62. The smallest absolute Gasteiger partial charge is 0.245 e. The van der Waals surface area contributed by atoms with Gasteiger partial charge in [-0.2, -0.15) is 4.98 Å². The minimum absolute atomic E-state index is 0.0937. The van der Waals surface area contributed by atoms with E-state index in [0.717, 1.165) is 50.0 Å². The third-order valence-corrected chi connectivity index (χ3v) is 8.74. The summed E-state index contributed by atoms with van der Waals surface area (Å²) in [5.41, 5.74) is 1.43. The first-order chi connectivity index (χ1) is 15.5. The van der Waals surface area contributed by atoms with Gasteiger partial charge in [0.25, 0.3) is 0 Å². The summed E-state index contributed by atoms with van der Waals surface area (Å²) < 4.78 is 5.28. The topological polar surface area (TPSA) is 78.8 Å². The molecule has 1 spiro atoms. The highest BCUT2D eigenvalue weighted by Crippen LogP contribution is 2.57. The molecule has 7 heteroatoms. The van der Waals surface area contributed by atoms with Crippen molar-refractivity contribution in [3.8, 4) is 5.88 Å². The molecule has 4 aliphatic rings. The molecule has 168 valence electrons. The van der Waals surface area contributed by atoms with Crippen LogP contribution in [0.25, 0.3) is 0 Å². The lowest BCUT2D eigenvalue weighted by molar-refractivity contribution is -0.125. The zero-order valence-electron chi connectivity index (χ0n) is 18.6. The Morgan fingerprint density at radius 2 is 2.06 bits per heavy atom. The summed E-state index contributed by atoms with van der Waals surface area (Å²) in [5, 5.41) is 10.5. The van der Waals surface area contributed by atoms with Gasteiger partial charge in [0.1, 0.15) is 0 Å². The lowest BCUT2D eigenvalue weighted by Gasteiger charge is -2.50.